The minimum atomic E-state index is -3.57. The van der Waals surface area contributed by atoms with Gasteiger partial charge in [-0.2, -0.15) is 4.31 Å². The molecule has 1 amide bonds. The van der Waals surface area contributed by atoms with E-state index in [1.165, 1.54) is 23.2 Å². The van der Waals surface area contributed by atoms with E-state index in [-0.39, 0.29) is 16.8 Å². The number of rotatable bonds is 8. The van der Waals surface area contributed by atoms with Crippen molar-refractivity contribution in [2.45, 2.75) is 51.5 Å². The van der Waals surface area contributed by atoms with E-state index in [0.717, 1.165) is 19.6 Å². The molecule has 0 spiro atoms. The molecule has 1 aliphatic heterocycles. The molecule has 0 aromatic heterocycles. The largest absolute Gasteiger partial charge is 0.348 e. The monoisotopic (exact) mass is 395 g/mol. The molecule has 1 aromatic rings. The van der Waals surface area contributed by atoms with Crippen molar-refractivity contribution in [3.63, 3.8) is 0 Å². The van der Waals surface area contributed by atoms with Gasteiger partial charge in [-0.25, -0.2) is 8.42 Å². The molecule has 0 saturated carbocycles. The molecule has 152 valence electrons. The lowest BCUT2D eigenvalue weighted by Gasteiger charge is -2.32. The zero-order chi connectivity index (χ0) is 20.0. The molecule has 6 nitrogen and oxygen atoms in total. The fourth-order valence-corrected chi connectivity index (χ4v) is 5.21. The average Bonchev–Trinajstić information content (AvgIpc) is 2.62. The lowest BCUT2D eigenvalue weighted by atomic mass is 10.00. The quantitative estimate of drug-likeness (QED) is 0.734. The van der Waals surface area contributed by atoms with Gasteiger partial charge in [-0.3, -0.25) is 4.79 Å². The SMILES string of the molecule is CCN(CC)S(=O)(=O)c1cccc(C(=O)NC(C)CN2CCCC(C)C2)c1. The minimum absolute atomic E-state index is 0.00541. The Kier molecular flexibility index (Phi) is 7.82. The predicted molar refractivity (Wildman–Crippen MR) is 108 cm³/mol. The molecular formula is C20H33N3O3S. The molecule has 0 radical (unpaired) electrons. The second kappa shape index (κ2) is 9.66. The van der Waals surface area contributed by atoms with Gasteiger partial charge in [0.15, 0.2) is 0 Å². The summed E-state index contributed by atoms with van der Waals surface area (Å²) in [6.45, 7) is 11.6. The Labute approximate surface area is 164 Å². The molecule has 1 aliphatic rings. The van der Waals surface area contributed by atoms with Crippen LogP contribution in [0.25, 0.3) is 0 Å². The number of nitrogens with zero attached hydrogens (tertiary/aromatic N) is 2. The number of piperidine rings is 1. The number of amides is 1. The molecule has 1 fully saturated rings. The van der Waals surface area contributed by atoms with E-state index in [9.17, 15) is 13.2 Å². The first-order valence-electron chi connectivity index (χ1n) is 9.91. The number of hydrogen-bond acceptors (Lipinski definition) is 4. The molecule has 27 heavy (non-hydrogen) atoms. The molecule has 1 heterocycles. The van der Waals surface area contributed by atoms with Crippen molar-refractivity contribution in [1.82, 2.24) is 14.5 Å². The van der Waals surface area contributed by atoms with Crippen LogP contribution in [0, 0.1) is 5.92 Å². The molecule has 2 unspecified atom stereocenters. The van der Waals surface area contributed by atoms with Gasteiger partial charge in [0.2, 0.25) is 10.0 Å². The maximum absolute atomic E-state index is 12.7. The van der Waals surface area contributed by atoms with Crippen molar-refractivity contribution in [3.05, 3.63) is 29.8 Å². The summed E-state index contributed by atoms with van der Waals surface area (Å²) in [5.41, 5.74) is 0.377. The molecular weight excluding hydrogens is 362 g/mol. The van der Waals surface area contributed by atoms with E-state index in [1.807, 2.05) is 6.92 Å². The van der Waals surface area contributed by atoms with Gasteiger partial charge < -0.3 is 10.2 Å². The van der Waals surface area contributed by atoms with Crippen LogP contribution in [0.1, 0.15) is 50.9 Å². The van der Waals surface area contributed by atoms with Gasteiger partial charge in [0.05, 0.1) is 4.90 Å². The van der Waals surface area contributed by atoms with E-state index in [4.69, 9.17) is 0 Å². The zero-order valence-corrected chi connectivity index (χ0v) is 17.8. The number of sulfonamides is 1. The van der Waals surface area contributed by atoms with Crippen LogP contribution in [-0.2, 0) is 10.0 Å². The molecule has 2 atom stereocenters. The van der Waals surface area contributed by atoms with Gasteiger partial charge in [-0.15, -0.1) is 0 Å². The fraction of sp³-hybridized carbons (Fsp3) is 0.650. The van der Waals surface area contributed by atoms with E-state index >= 15 is 0 Å². The molecule has 7 heteroatoms. The summed E-state index contributed by atoms with van der Waals surface area (Å²) in [6.07, 6.45) is 2.47. The third-order valence-corrected chi connectivity index (χ3v) is 7.14. The summed E-state index contributed by atoms with van der Waals surface area (Å²) in [5.74, 6) is 0.466. The highest BCUT2D eigenvalue weighted by molar-refractivity contribution is 7.89. The molecule has 2 rings (SSSR count). The summed E-state index contributed by atoms with van der Waals surface area (Å²) >= 11 is 0. The van der Waals surface area contributed by atoms with Crippen molar-refractivity contribution in [3.8, 4) is 0 Å². The van der Waals surface area contributed by atoms with E-state index in [1.54, 1.807) is 32.0 Å². The highest BCUT2D eigenvalue weighted by atomic mass is 32.2. The van der Waals surface area contributed by atoms with Crippen LogP contribution < -0.4 is 5.32 Å². The third kappa shape index (κ3) is 5.77. The van der Waals surface area contributed by atoms with Gasteiger partial charge in [-0.05, 0) is 50.4 Å². The van der Waals surface area contributed by atoms with Crippen LogP contribution in [-0.4, -0.2) is 62.3 Å². The Morgan fingerprint density at radius 3 is 2.67 bits per heavy atom. The van der Waals surface area contributed by atoms with Crippen LogP contribution >= 0.6 is 0 Å². The summed E-state index contributed by atoms with van der Waals surface area (Å²) in [7, 11) is -3.57. The number of carbonyl (C=O) groups excluding carboxylic acids is 1. The third-order valence-electron chi connectivity index (χ3n) is 5.09. The Balaban J connectivity index is 2.04. The number of hydrogen-bond donors (Lipinski definition) is 1. The smallest absolute Gasteiger partial charge is 0.251 e. The van der Waals surface area contributed by atoms with Gasteiger partial charge in [0, 0.05) is 37.8 Å². The van der Waals surface area contributed by atoms with Gasteiger partial charge >= 0.3 is 0 Å². The van der Waals surface area contributed by atoms with E-state index < -0.39 is 10.0 Å². The van der Waals surface area contributed by atoms with Crippen molar-refractivity contribution in [1.29, 1.82) is 0 Å². The van der Waals surface area contributed by atoms with Crippen molar-refractivity contribution < 1.29 is 13.2 Å². The van der Waals surface area contributed by atoms with Gasteiger partial charge in [-0.1, -0.05) is 26.8 Å². The zero-order valence-electron chi connectivity index (χ0n) is 16.9. The summed E-state index contributed by atoms with van der Waals surface area (Å²) in [6, 6.07) is 6.31. The minimum Gasteiger partial charge on any atom is -0.348 e. The van der Waals surface area contributed by atoms with Crippen molar-refractivity contribution in [2.24, 2.45) is 5.92 Å². The van der Waals surface area contributed by atoms with Crippen LogP contribution in [0.3, 0.4) is 0 Å². The highest BCUT2D eigenvalue weighted by Gasteiger charge is 2.23. The number of carbonyl (C=O) groups is 1. The fourth-order valence-electron chi connectivity index (χ4n) is 3.70. The summed E-state index contributed by atoms with van der Waals surface area (Å²) in [4.78, 5) is 15.2. The summed E-state index contributed by atoms with van der Waals surface area (Å²) in [5, 5.41) is 3.01. The molecule has 1 saturated heterocycles. The number of benzene rings is 1. The first kappa shape index (κ1) is 21.9. The van der Waals surface area contributed by atoms with Crippen molar-refractivity contribution >= 4 is 15.9 Å². The second-order valence-electron chi connectivity index (χ2n) is 7.50. The topological polar surface area (TPSA) is 69.7 Å². The van der Waals surface area contributed by atoms with Crippen LogP contribution in [0.4, 0.5) is 0 Å². The molecule has 1 aromatic carbocycles. The predicted octanol–water partition coefficient (Wildman–Crippen LogP) is 2.57. The maximum atomic E-state index is 12.7. The first-order valence-corrected chi connectivity index (χ1v) is 11.3. The Morgan fingerprint density at radius 2 is 2.04 bits per heavy atom. The Bertz CT molecular complexity index is 732. The Morgan fingerprint density at radius 1 is 1.33 bits per heavy atom. The number of nitrogens with one attached hydrogen (secondary N) is 1. The number of likely N-dealkylation sites (tertiary alicyclic amines) is 1. The first-order chi connectivity index (χ1) is 12.8. The summed E-state index contributed by atoms with van der Waals surface area (Å²) < 4.78 is 26.7. The molecule has 0 bridgehead atoms. The molecule has 1 N–H and O–H groups in total. The average molecular weight is 396 g/mol. The lowest BCUT2D eigenvalue weighted by Crippen LogP contribution is -2.45. The van der Waals surface area contributed by atoms with E-state index in [2.05, 4.69) is 17.1 Å². The standard InChI is InChI=1S/C20H33N3O3S/c1-5-23(6-2)27(25,26)19-11-7-10-18(13-19)20(24)21-17(4)15-22-12-8-9-16(3)14-22/h7,10-11,13,16-17H,5-6,8-9,12,14-15H2,1-4H3,(H,21,24). The highest BCUT2D eigenvalue weighted by Crippen LogP contribution is 2.18. The normalized spacial score (nSPS) is 19.8. The maximum Gasteiger partial charge on any atom is 0.251 e. The molecule has 0 aliphatic carbocycles. The van der Waals surface area contributed by atoms with Crippen molar-refractivity contribution in [2.75, 3.05) is 32.7 Å². The Hall–Kier alpha value is -1.44. The van der Waals surface area contributed by atoms with Gasteiger partial charge in [0.1, 0.15) is 0 Å². The van der Waals surface area contributed by atoms with Crippen LogP contribution in [0.5, 0.6) is 0 Å². The van der Waals surface area contributed by atoms with E-state index in [0.29, 0.717) is 24.6 Å². The van der Waals surface area contributed by atoms with Gasteiger partial charge in [0.25, 0.3) is 5.91 Å². The second-order valence-corrected chi connectivity index (χ2v) is 9.44. The lowest BCUT2D eigenvalue weighted by molar-refractivity contribution is 0.0919. The van der Waals surface area contributed by atoms with Crippen LogP contribution in [0.15, 0.2) is 29.2 Å². The van der Waals surface area contributed by atoms with Crippen LogP contribution in [0.2, 0.25) is 0 Å².